The van der Waals surface area contributed by atoms with Gasteiger partial charge in [-0.1, -0.05) is 29.5 Å². The second-order valence-corrected chi connectivity index (χ2v) is 6.28. The molecule has 0 saturated heterocycles. The van der Waals surface area contributed by atoms with Gasteiger partial charge in [0.05, 0.1) is 5.25 Å². The molecule has 0 saturated carbocycles. The first-order valence-corrected chi connectivity index (χ1v) is 7.48. The number of aromatic nitrogens is 3. The molecule has 7 heteroatoms. The third-order valence-electron chi connectivity index (χ3n) is 3.13. The quantitative estimate of drug-likeness (QED) is 0.667. The summed E-state index contributed by atoms with van der Waals surface area (Å²) >= 11 is 1.28. The smallest absolute Gasteiger partial charge is 0.237 e. The zero-order chi connectivity index (χ0) is 15.6. The van der Waals surface area contributed by atoms with Crippen LogP contribution >= 0.6 is 11.8 Å². The maximum absolute atomic E-state index is 12.2. The van der Waals surface area contributed by atoms with Crippen molar-refractivity contribution in [3.8, 4) is 0 Å². The number of carbonyl (C=O) groups is 1. The van der Waals surface area contributed by atoms with Crippen LogP contribution in [0.5, 0.6) is 0 Å². The van der Waals surface area contributed by atoms with E-state index >= 15 is 0 Å². The normalized spacial score (nSPS) is 12.2. The molecule has 2 aromatic rings. The highest BCUT2D eigenvalue weighted by atomic mass is 32.2. The van der Waals surface area contributed by atoms with E-state index in [9.17, 15) is 4.79 Å². The third kappa shape index (κ3) is 3.55. The molecule has 6 nitrogen and oxygen atoms in total. The Hall–Kier alpha value is -2.02. The van der Waals surface area contributed by atoms with Gasteiger partial charge in [-0.3, -0.25) is 4.79 Å². The van der Waals surface area contributed by atoms with E-state index in [4.69, 9.17) is 5.84 Å². The fraction of sp³-hybridized carbons (Fsp3) is 0.357. The lowest BCUT2D eigenvalue weighted by molar-refractivity contribution is -0.115. The molecule has 1 heterocycles. The summed E-state index contributed by atoms with van der Waals surface area (Å²) in [5, 5.41) is 10.9. The Morgan fingerprint density at radius 2 is 2.05 bits per heavy atom. The first-order valence-electron chi connectivity index (χ1n) is 6.60. The van der Waals surface area contributed by atoms with Crippen molar-refractivity contribution in [3.05, 3.63) is 35.2 Å². The molecule has 112 valence electrons. The summed E-state index contributed by atoms with van der Waals surface area (Å²) in [6, 6.07) is 5.92. The van der Waals surface area contributed by atoms with Crippen molar-refractivity contribution in [1.82, 2.24) is 14.9 Å². The predicted octanol–water partition coefficient (Wildman–Crippen LogP) is 2.04. The molecular weight excluding hydrogens is 286 g/mol. The van der Waals surface area contributed by atoms with Crippen molar-refractivity contribution in [2.75, 3.05) is 11.2 Å². The molecule has 0 aliphatic heterocycles. The Labute approximate surface area is 128 Å². The lowest BCUT2D eigenvalue weighted by Gasteiger charge is -2.13. The Morgan fingerprint density at radius 1 is 1.33 bits per heavy atom. The van der Waals surface area contributed by atoms with Gasteiger partial charge in [-0.2, -0.15) is 0 Å². The average Bonchev–Trinajstić information content (AvgIpc) is 2.73. The SMILES string of the molecule is Cc1ccc(NC(=O)[C@H](C)Sc2nnc(C)n2N)c(C)c1. The molecule has 0 radical (unpaired) electrons. The Kier molecular flexibility index (Phi) is 4.52. The summed E-state index contributed by atoms with van der Waals surface area (Å²) in [5.74, 6) is 6.30. The maximum Gasteiger partial charge on any atom is 0.237 e. The number of rotatable bonds is 4. The van der Waals surface area contributed by atoms with Crippen molar-refractivity contribution >= 4 is 23.4 Å². The fourth-order valence-electron chi connectivity index (χ4n) is 1.83. The minimum atomic E-state index is -0.323. The molecule has 2 rings (SSSR count). The number of hydrogen-bond acceptors (Lipinski definition) is 5. The van der Waals surface area contributed by atoms with E-state index in [0.717, 1.165) is 11.3 Å². The number of nitrogens with two attached hydrogens (primary N) is 1. The van der Waals surface area contributed by atoms with Crippen molar-refractivity contribution in [1.29, 1.82) is 0 Å². The van der Waals surface area contributed by atoms with Gasteiger partial charge in [0.1, 0.15) is 5.82 Å². The Bertz CT molecular complexity index is 667. The predicted molar refractivity (Wildman–Crippen MR) is 84.8 cm³/mol. The van der Waals surface area contributed by atoms with E-state index in [1.54, 1.807) is 6.92 Å². The summed E-state index contributed by atoms with van der Waals surface area (Å²) in [4.78, 5) is 12.2. The minimum absolute atomic E-state index is 0.0902. The molecular formula is C14H19N5OS. The average molecular weight is 305 g/mol. The van der Waals surface area contributed by atoms with Crippen LogP contribution in [0.4, 0.5) is 5.69 Å². The number of thioether (sulfide) groups is 1. The molecule has 1 amide bonds. The van der Waals surface area contributed by atoms with Crippen LogP contribution in [0.15, 0.2) is 23.4 Å². The largest absolute Gasteiger partial charge is 0.336 e. The van der Waals surface area contributed by atoms with Crippen molar-refractivity contribution in [3.63, 3.8) is 0 Å². The van der Waals surface area contributed by atoms with Crippen LogP contribution in [0.25, 0.3) is 0 Å². The second kappa shape index (κ2) is 6.17. The topological polar surface area (TPSA) is 85.8 Å². The van der Waals surface area contributed by atoms with Gasteiger partial charge in [0, 0.05) is 5.69 Å². The first-order chi connectivity index (χ1) is 9.88. The summed E-state index contributed by atoms with van der Waals surface area (Å²) in [5.41, 5.74) is 3.03. The molecule has 0 aliphatic carbocycles. The fourth-order valence-corrected chi connectivity index (χ4v) is 2.65. The zero-order valence-electron chi connectivity index (χ0n) is 12.5. The third-order valence-corrected chi connectivity index (χ3v) is 4.18. The number of hydrogen-bond donors (Lipinski definition) is 2. The van der Waals surface area contributed by atoms with Crippen LogP contribution in [0.1, 0.15) is 23.9 Å². The molecule has 0 spiro atoms. The van der Waals surface area contributed by atoms with Crippen molar-refractivity contribution < 1.29 is 4.79 Å². The number of nitrogens with zero attached hydrogens (tertiary/aromatic N) is 3. The summed E-state index contributed by atoms with van der Waals surface area (Å²) in [6.45, 7) is 7.57. The van der Waals surface area contributed by atoms with Crippen LogP contribution < -0.4 is 11.2 Å². The van der Waals surface area contributed by atoms with Gasteiger partial charge in [-0.25, -0.2) is 4.68 Å². The Balaban J connectivity index is 2.04. The molecule has 1 aromatic carbocycles. The van der Waals surface area contributed by atoms with Gasteiger partial charge in [0.2, 0.25) is 11.1 Å². The number of anilines is 1. The minimum Gasteiger partial charge on any atom is -0.336 e. The van der Waals surface area contributed by atoms with Crippen molar-refractivity contribution in [2.24, 2.45) is 0 Å². The molecule has 21 heavy (non-hydrogen) atoms. The number of benzene rings is 1. The van der Waals surface area contributed by atoms with E-state index < -0.39 is 0 Å². The summed E-state index contributed by atoms with van der Waals surface area (Å²) in [7, 11) is 0. The molecule has 1 atom stereocenters. The number of aryl methyl sites for hydroxylation is 3. The molecule has 0 bridgehead atoms. The van der Waals surface area contributed by atoms with Gasteiger partial charge in [-0.15, -0.1) is 10.2 Å². The standard InChI is InChI=1S/C14H19N5OS/c1-8-5-6-12(9(2)7-8)16-13(20)10(3)21-14-18-17-11(4)19(14)15/h5-7,10H,15H2,1-4H3,(H,16,20)/t10-/m0/s1. The van der Waals surface area contributed by atoms with E-state index in [1.165, 1.54) is 22.0 Å². The van der Waals surface area contributed by atoms with E-state index in [1.807, 2.05) is 39.0 Å². The highest BCUT2D eigenvalue weighted by Gasteiger charge is 2.19. The van der Waals surface area contributed by atoms with E-state index in [2.05, 4.69) is 15.5 Å². The van der Waals surface area contributed by atoms with Gasteiger partial charge in [0.15, 0.2) is 0 Å². The lowest BCUT2D eigenvalue weighted by Crippen LogP contribution is -2.24. The number of amides is 1. The molecule has 0 fully saturated rings. The highest BCUT2D eigenvalue weighted by Crippen LogP contribution is 2.23. The molecule has 0 aliphatic rings. The van der Waals surface area contributed by atoms with Crippen LogP contribution in [-0.2, 0) is 4.79 Å². The van der Waals surface area contributed by atoms with Gasteiger partial charge >= 0.3 is 0 Å². The maximum atomic E-state index is 12.2. The van der Waals surface area contributed by atoms with Gasteiger partial charge < -0.3 is 11.2 Å². The van der Waals surface area contributed by atoms with Crippen LogP contribution in [-0.4, -0.2) is 26.0 Å². The lowest BCUT2D eigenvalue weighted by atomic mass is 10.1. The second-order valence-electron chi connectivity index (χ2n) is 4.97. The van der Waals surface area contributed by atoms with Crippen LogP contribution in [0.3, 0.4) is 0 Å². The van der Waals surface area contributed by atoms with Crippen LogP contribution in [0.2, 0.25) is 0 Å². The monoisotopic (exact) mass is 305 g/mol. The van der Waals surface area contributed by atoms with Gasteiger partial charge in [-0.05, 0) is 39.3 Å². The number of carbonyl (C=O) groups excluding carboxylic acids is 1. The number of nitrogens with one attached hydrogen (secondary N) is 1. The van der Waals surface area contributed by atoms with Gasteiger partial charge in [0.25, 0.3) is 0 Å². The number of nitrogen functional groups attached to an aromatic ring is 1. The van der Waals surface area contributed by atoms with E-state index in [0.29, 0.717) is 11.0 Å². The highest BCUT2D eigenvalue weighted by molar-refractivity contribution is 8.00. The Morgan fingerprint density at radius 3 is 2.62 bits per heavy atom. The summed E-state index contributed by atoms with van der Waals surface area (Å²) in [6.07, 6.45) is 0. The first kappa shape index (κ1) is 15.4. The summed E-state index contributed by atoms with van der Waals surface area (Å²) < 4.78 is 1.38. The molecule has 3 N–H and O–H groups in total. The zero-order valence-corrected chi connectivity index (χ0v) is 13.4. The van der Waals surface area contributed by atoms with E-state index in [-0.39, 0.29) is 11.2 Å². The van der Waals surface area contributed by atoms with Crippen LogP contribution in [0, 0.1) is 20.8 Å². The molecule has 0 unspecified atom stereocenters. The van der Waals surface area contributed by atoms with Crippen molar-refractivity contribution in [2.45, 2.75) is 38.1 Å². The molecule has 1 aromatic heterocycles.